The molecule has 0 unspecified atom stereocenters. The number of carbonyl (C=O) groups is 2. The number of rotatable bonds is 13. The minimum Gasteiger partial charge on any atom is -0.495 e. The third-order valence-electron chi connectivity index (χ3n) is 6.76. The van der Waals surface area contributed by atoms with Crippen molar-refractivity contribution in [2.75, 3.05) is 24.5 Å². The molecule has 3 aromatic rings. The highest BCUT2D eigenvalue weighted by molar-refractivity contribution is 7.92. The number of nitrogens with zero attached hydrogens (tertiary/aromatic N) is 2. The Balaban J connectivity index is 2.10. The highest BCUT2D eigenvalue weighted by atomic mass is 32.2. The van der Waals surface area contributed by atoms with Crippen molar-refractivity contribution < 1.29 is 22.7 Å². The molecule has 2 amide bonds. The van der Waals surface area contributed by atoms with E-state index in [0.29, 0.717) is 18.7 Å². The molecule has 1 atom stereocenters. The van der Waals surface area contributed by atoms with E-state index in [0.717, 1.165) is 21.0 Å². The fraction of sp³-hybridized carbons (Fsp3) is 0.375. The quantitative estimate of drug-likeness (QED) is 0.305. The van der Waals surface area contributed by atoms with E-state index in [1.54, 1.807) is 30.3 Å². The van der Waals surface area contributed by atoms with Crippen molar-refractivity contribution in [3.05, 3.63) is 89.5 Å². The zero-order valence-electron chi connectivity index (χ0n) is 24.8. The number of carbonyl (C=O) groups excluding carboxylic acids is 2. The summed E-state index contributed by atoms with van der Waals surface area (Å²) in [4.78, 5) is 29.1. The molecule has 3 aromatic carbocycles. The highest BCUT2D eigenvalue weighted by Gasteiger charge is 2.34. The van der Waals surface area contributed by atoms with Crippen LogP contribution in [-0.2, 0) is 26.2 Å². The predicted molar refractivity (Wildman–Crippen MR) is 162 cm³/mol. The Morgan fingerprint density at radius 3 is 2.15 bits per heavy atom. The molecular weight excluding hydrogens is 538 g/mol. The molecule has 9 heteroatoms. The van der Waals surface area contributed by atoms with Crippen LogP contribution in [0.2, 0.25) is 0 Å². The largest absolute Gasteiger partial charge is 0.495 e. The van der Waals surface area contributed by atoms with Crippen LogP contribution < -0.4 is 14.4 Å². The van der Waals surface area contributed by atoms with Gasteiger partial charge >= 0.3 is 0 Å². The summed E-state index contributed by atoms with van der Waals surface area (Å²) in [5.74, 6) is -0.222. The lowest BCUT2D eigenvalue weighted by molar-refractivity contribution is -0.140. The summed E-state index contributed by atoms with van der Waals surface area (Å²) in [6.45, 7) is 9.76. The molecule has 0 aliphatic carbocycles. The summed E-state index contributed by atoms with van der Waals surface area (Å²) in [7, 11) is -2.72. The molecule has 0 radical (unpaired) electrons. The summed E-state index contributed by atoms with van der Waals surface area (Å²) < 4.78 is 34.7. The van der Waals surface area contributed by atoms with E-state index in [1.165, 1.54) is 24.1 Å². The van der Waals surface area contributed by atoms with Crippen molar-refractivity contribution in [2.45, 2.75) is 58.5 Å². The number of hydrogen-bond donors (Lipinski definition) is 1. The monoisotopic (exact) mass is 579 g/mol. The molecule has 0 bridgehead atoms. The van der Waals surface area contributed by atoms with Crippen LogP contribution in [0.1, 0.15) is 43.9 Å². The van der Waals surface area contributed by atoms with Crippen LogP contribution >= 0.6 is 0 Å². The van der Waals surface area contributed by atoms with Crippen LogP contribution in [0.3, 0.4) is 0 Å². The van der Waals surface area contributed by atoms with Gasteiger partial charge in [0.2, 0.25) is 11.8 Å². The zero-order chi connectivity index (χ0) is 30.2. The third kappa shape index (κ3) is 8.10. The maximum atomic E-state index is 14.2. The van der Waals surface area contributed by atoms with Crippen LogP contribution in [0.4, 0.5) is 5.69 Å². The Hall–Kier alpha value is -3.85. The number of sulfonamides is 1. The average molecular weight is 580 g/mol. The third-order valence-corrected chi connectivity index (χ3v) is 8.53. The SMILES string of the molecule is CC[C@@H](C(=O)NCC(C)C)N(Cc1ccc(C)cc1)C(=O)CN(c1cc(C)ccc1OC)S(=O)(=O)c1ccccc1. The molecule has 8 nitrogen and oxygen atoms in total. The minimum absolute atomic E-state index is 0.0446. The number of aryl methyl sites for hydroxylation is 2. The van der Waals surface area contributed by atoms with Crippen molar-refractivity contribution in [1.29, 1.82) is 0 Å². The van der Waals surface area contributed by atoms with E-state index in [4.69, 9.17) is 4.74 Å². The summed E-state index contributed by atoms with van der Waals surface area (Å²) in [5.41, 5.74) is 2.96. The Bertz CT molecular complexity index is 1420. The minimum atomic E-state index is -4.18. The molecule has 0 spiro atoms. The second kappa shape index (κ2) is 14.2. The molecule has 3 rings (SSSR count). The average Bonchev–Trinajstić information content (AvgIpc) is 2.95. The Labute approximate surface area is 244 Å². The number of anilines is 1. The van der Waals surface area contributed by atoms with Crippen LogP contribution in [0.25, 0.3) is 0 Å². The van der Waals surface area contributed by atoms with Gasteiger partial charge in [-0.05, 0) is 61.6 Å². The summed E-state index contributed by atoms with van der Waals surface area (Å²) in [6.07, 6.45) is 0.362. The number of nitrogens with one attached hydrogen (secondary N) is 1. The maximum absolute atomic E-state index is 14.2. The summed E-state index contributed by atoms with van der Waals surface area (Å²) in [5, 5.41) is 2.95. The zero-order valence-corrected chi connectivity index (χ0v) is 25.6. The Kier molecular flexibility index (Phi) is 10.9. The molecule has 0 fully saturated rings. The lowest BCUT2D eigenvalue weighted by Gasteiger charge is -2.33. The van der Waals surface area contributed by atoms with E-state index >= 15 is 0 Å². The fourth-order valence-electron chi connectivity index (χ4n) is 4.46. The van der Waals surface area contributed by atoms with Gasteiger partial charge in [-0.2, -0.15) is 0 Å². The maximum Gasteiger partial charge on any atom is 0.264 e. The van der Waals surface area contributed by atoms with Gasteiger partial charge in [-0.1, -0.05) is 74.9 Å². The van der Waals surface area contributed by atoms with Gasteiger partial charge in [-0.15, -0.1) is 0 Å². The van der Waals surface area contributed by atoms with Gasteiger partial charge in [0.1, 0.15) is 18.3 Å². The van der Waals surface area contributed by atoms with Crippen molar-refractivity contribution in [3.63, 3.8) is 0 Å². The number of ether oxygens (including phenoxy) is 1. The first-order chi connectivity index (χ1) is 19.5. The molecule has 220 valence electrons. The second-order valence-corrected chi connectivity index (χ2v) is 12.4. The van der Waals surface area contributed by atoms with E-state index in [-0.39, 0.29) is 29.0 Å². The number of benzene rings is 3. The van der Waals surface area contributed by atoms with E-state index in [2.05, 4.69) is 5.32 Å². The van der Waals surface area contributed by atoms with Crippen LogP contribution in [-0.4, -0.2) is 51.4 Å². The molecule has 0 aliphatic rings. The molecule has 0 heterocycles. The van der Waals surface area contributed by atoms with Gasteiger partial charge in [0.05, 0.1) is 17.7 Å². The molecular formula is C32H41N3O5S. The molecule has 1 N–H and O–H groups in total. The van der Waals surface area contributed by atoms with Crippen molar-refractivity contribution in [2.24, 2.45) is 5.92 Å². The normalized spacial score (nSPS) is 12.1. The first-order valence-corrected chi connectivity index (χ1v) is 15.3. The first-order valence-electron chi connectivity index (χ1n) is 13.8. The molecule has 0 aromatic heterocycles. The molecule has 0 saturated carbocycles. The van der Waals surface area contributed by atoms with Crippen molar-refractivity contribution in [3.8, 4) is 5.75 Å². The van der Waals surface area contributed by atoms with Crippen LogP contribution in [0, 0.1) is 19.8 Å². The topological polar surface area (TPSA) is 96.0 Å². The fourth-order valence-corrected chi connectivity index (χ4v) is 5.90. The molecule has 0 saturated heterocycles. The Morgan fingerprint density at radius 1 is 0.927 bits per heavy atom. The highest BCUT2D eigenvalue weighted by Crippen LogP contribution is 2.33. The van der Waals surface area contributed by atoms with Crippen molar-refractivity contribution >= 4 is 27.5 Å². The van der Waals surface area contributed by atoms with E-state index in [1.807, 2.05) is 65.0 Å². The lowest BCUT2D eigenvalue weighted by Crippen LogP contribution is -2.52. The molecule has 41 heavy (non-hydrogen) atoms. The van der Waals surface area contributed by atoms with E-state index in [9.17, 15) is 18.0 Å². The molecule has 0 aliphatic heterocycles. The van der Waals surface area contributed by atoms with Crippen molar-refractivity contribution in [1.82, 2.24) is 10.2 Å². The van der Waals surface area contributed by atoms with E-state index < -0.39 is 28.5 Å². The van der Waals surface area contributed by atoms with Gasteiger partial charge < -0.3 is 15.0 Å². The summed E-state index contributed by atoms with van der Waals surface area (Å²) in [6, 6.07) is 20.1. The predicted octanol–water partition coefficient (Wildman–Crippen LogP) is 5.09. The van der Waals surface area contributed by atoms with Crippen LogP contribution in [0.5, 0.6) is 5.75 Å². The van der Waals surface area contributed by atoms with Gasteiger partial charge in [0.25, 0.3) is 10.0 Å². The van der Waals surface area contributed by atoms with Gasteiger partial charge in [-0.3, -0.25) is 13.9 Å². The summed E-state index contributed by atoms with van der Waals surface area (Å²) >= 11 is 0. The number of amides is 2. The van der Waals surface area contributed by atoms with Gasteiger partial charge in [-0.25, -0.2) is 8.42 Å². The standard InChI is InChI=1S/C32H41N3O5S/c1-7-28(32(37)33-20-23(2)3)34(21-26-16-13-24(4)14-17-26)31(36)22-35(29-19-25(5)15-18-30(29)40-6)41(38,39)27-11-9-8-10-12-27/h8-19,23,28H,7,20-22H2,1-6H3,(H,33,37)/t28-/m0/s1. The smallest absolute Gasteiger partial charge is 0.264 e. The van der Waals surface area contributed by atoms with Gasteiger partial charge in [0, 0.05) is 13.1 Å². The number of methoxy groups -OCH3 is 1. The number of hydrogen-bond acceptors (Lipinski definition) is 5. The lowest BCUT2D eigenvalue weighted by atomic mass is 10.1. The Morgan fingerprint density at radius 2 is 1.56 bits per heavy atom. The van der Waals surface area contributed by atoms with Crippen LogP contribution in [0.15, 0.2) is 77.7 Å². The first kappa shape index (κ1) is 31.7. The van der Waals surface area contributed by atoms with Gasteiger partial charge in [0.15, 0.2) is 0 Å². The second-order valence-electron chi connectivity index (χ2n) is 10.6.